The highest BCUT2D eigenvalue weighted by atomic mass is 79.9. The molecule has 100 valence electrons. The summed E-state index contributed by atoms with van der Waals surface area (Å²) in [4.78, 5) is 0. The third kappa shape index (κ3) is 3.71. The van der Waals surface area contributed by atoms with Crippen molar-refractivity contribution < 1.29 is 4.39 Å². The minimum Gasteiger partial charge on any atom is -0.381 e. The Hall–Kier alpha value is -0.580. The Balaban J connectivity index is 2.19. The first-order valence-electron chi connectivity index (χ1n) is 5.61. The number of halogens is 4. The van der Waals surface area contributed by atoms with Crippen LogP contribution in [0.4, 0.5) is 10.1 Å². The van der Waals surface area contributed by atoms with Crippen LogP contribution in [0.15, 0.2) is 39.3 Å². The Kier molecular flexibility index (Phi) is 4.87. The number of rotatable bonds is 3. The highest BCUT2D eigenvalue weighted by Gasteiger charge is 2.06. The Morgan fingerprint density at radius 2 is 1.89 bits per heavy atom. The SMILES string of the molecule is Cc1cc(F)c(Br)cc1NCc1cc(Cl)ccc1Br. The largest absolute Gasteiger partial charge is 0.381 e. The van der Waals surface area contributed by atoms with E-state index in [1.807, 2.05) is 25.1 Å². The van der Waals surface area contributed by atoms with Crippen molar-refractivity contribution in [2.75, 3.05) is 5.32 Å². The van der Waals surface area contributed by atoms with E-state index in [-0.39, 0.29) is 5.82 Å². The van der Waals surface area contributed by atoms with E-state index in [9.17, 15) is 4.39 Å². The minimum atomic E-state index is -0.257. The van der Waals surface area contributed by atoms with Gasteiger partial charge in [0.15, 0.2) is 0 Å². The summed E-state index contributed by atoms with van der Waals surface area (Å²) in [5, 5.41) is 3.97. The maximum absolute atomic E-state index is 13.3. The molecular weight excluding hydrogens is 396 g/mol. The fourth-order valence-corrected chi connectivity index (χ4v) is 2.63. The van der Waals surface area contributed by atoms with Gasteiger partial charge in [-0.3, -0.25) is 0 Å². The Bertz CT molecular complexity index is 617. The standard InChI is InChI=1S/C14H11Br2ClFN/c1-8-4-13(18)12(16)6-14(8)19-7-9-5-10(17)2-3-11(9)15/h2-6,19H,7H2,1H3. The second-order valence-corrected chi connectivity index (χ2v) is 6.32. The lowest BCUT2D eigenvalue weighted by Crippen LogP contribution is -2.02. The minimum absolute atomic E-state index is 0.257. The predicted octanol–water partition coefficient (Wildman–Crippen LogP) is 5.92. The molecule has 2 aromatic rings. The van der Waals surface area contributed by atoms with E-state index >= 15 is 0 Å². The summed E-state index contributed by atoms with van der Waals surface area (Å²) < 4.78 is 14.8. The molecule has 2 rings (SSSR count). The van der Waals surface area contributed by atoms with Crippen LogP contribution in [0.1, 0.15) is 11.1 Å². The summed E-state index contributed by atoms with van der Waals surface area (Å²) in [6.45, 7) is 2.48. The number of nitrogens with one attached hydrogen (secondary N) is 1. The van der Waals surface area contributed by atoms with Crippen molar-refractivity contribution >= 4 is 49.1 Å². The molecule has 0 aromatic heterocycles. The maximum atomic E-state index is 13.3. The first-order valence-corrected chi connectivity index (χ1v) is 7.57. The van der Waals surface area contributed by atoms with E-state index in [2.05, 4.69) is 37.2 Å². The Labute approximate surface area is 133 Å². The molecular formula is C14H11Br2ClFN. The zero-order valence-electron chi connectivity index (χ0n) is 10.1. The Morgan fingerprint density at radius 1 is 1.16 bits per heavy atom. The first kappa shape index (κ1) is 14.8. The highest BCUT2D eigenvalue weighted by molar-refractivity contribution is 9.10. The van der Waals surface area contributed by atoms with Gasteiger partial charge in [-0.15, -0.1) is 0 Å². The van der Waals surface area contributed by atoms with Gasteiger partial charge in [0.25, 0.3) is 0 Å². The summed E-state index contributed by atoms with van der Waals surface area (Å²) in [6.07, 6.45) is 0. The van der Waals surface area contributed by atoms with Gasteiger partial charge in [0, 0.05) is 21.7 Å². The van der Waals surface area contributed by atoms with Crippen molar-refractivity contribution in [1.82, 2.24) is 0 Å². The Morgan fingerprint density at radius 3 is 2.63 bits per heavy atom. The molecule has 0 fully saturated rings. The van der Waals surface area contributed by atoms with E-state index in [1.54, 1.807) is 6.07 Å². The van der Waals surface area contributed by atoms with Crippen LogP contribution in [0.5, 0.6) is 0 Å². The molecule has 0 heterocycles. The fraction of sp³-hybridized carbons (Fsp3) is 0.143. The molecule has 0 atom stereocenters. The van der Waals surface area contributed by atoms with Crippen molar-refractivity contribution in [2.24, 2.45) is 0 Å². The smallest absolute Gasteiger partial charge is 0.137 e. The number of anilines is 1. The molecule has 0 saturated heterocycles. The monoisotopic (exact) mass is 405 g/mol. The summed E-state index contributed by atoms with van der Waals surface area (Å²) in [6, 6.07) is 8.87. The lowest BCUT2D eigenvalue weighted by Gasteiger charge is -2.12. The van der Waals surface area contributed by atoms with Crippen molar-refractivity contribution in [3.8, 4) is 0 Å². The molecule has 5 heteroatoms. The van der Waals surface area contributed by atoms with Crippen LogP contribution in [-0.4, -0.2) is 0 Å². The molecule has 0 saturated carbocycles. The second kappa shape index (κ2) is 6.25. The summed E-state index contributed by atoms with van der Waals surface area (Å²) >= 11 is 12.6. The quantitative estimate of drug-likeness (QED) is 0.665. The van der Waals surface area contributed by atoms with Crippen LogP contribution >= 0.6 is 43.5 Å². The van der Waals surface area contributed by atoms with E-state index in [1.165, 1.54) is 6.07 Å². The molecule has 1 N–H and O–H groups in total. The maximum Gasteiger partial charge on any atom is 0.137 e. The van der Waals surface area contributed by atoms with Gasteiger partial charge in [-0.05, 0) is 64.3 Å². The first-order chi connectivity index (χ1) is 8.97. The number of hydrogen-bond donors (Lipinski definition) is 1. The van der Waals surface area contributed by atoms with Crippen LogP contribution in [0, 0.1) is 12.7 Å². The fourth-order valence-electron chi connectivity index (χ4n) is 1.71. The molecule has 0 bridgehead atoms. The van der Waals surface area contributed by atoms with E-state index in [0.29, 0.717) is 16.0 Å². The van der Waals surface area contributed by atoms with Crippen LogP contribution in [0.2, 0.25) is 5.02 Å². The molecule has 0 unspecified atom stereocenters. The summed E-state index contributed by atoms with van der Waals surface area (Å²) in [5.74, 6) is -0.257. The summed E-state index contributed by atoms with van der Waals surface area (Å²) in [5.41, 5.74) is 2.80. The van der Waals surface area contributed by atoms with Crippen molar-refractivity contribution in [3.05, 3.63) is 61.2 Å². The third-order valence-corrected chi connectivity index (χ3v) is 4.36. The number of aryl methyl sites for hydroxylation is 1. The van der Waals surface area contributed by atoms with Crippen LogP contribution < -0.4 is 5.32 Å². The molecule has 0 aliphatic heterocycles. The molecule has 2 aromatic carbocycles. The van der Waals surface area contributed by atoms with Gasteiger partial charge < -0.3 is 5.32 Å². The van der Waals surface area contributed by atoms with Gasteiger partial charge >= 0.3 is 0 Å². The summed E-state index contributed by atoms with van der Waals surface area (Å²) in [7, 11) is 0. The average Bonchev–Trinajstić information content (AvgIpc) is 2.36. The molecule has 19 heavy (non-hydrogen) atoms. The molecule has 0 spiro atoms. The zero-order valence-corrected chi connectivity index (χ0v) is 14.0. The van der Waals surface area contributed by atoms with Gasteiger partial charge in [-0.1, -0.05) is 27.5 Å². The van der Waals surface area contributed by atoms with Gasteiger partial charge in [0.2, 0.25) is 0 Å². The molecule has 0 amide bonds. The van der Waals surface area contributed by atoms with Crippen LogP contribution in [0.25, 0.3) is 0 Å². The highest BCUT2D eigenvalue weighted by Crippen LogP contribution is 2.26. The van der Waals surface area contributed by atoms with Crippen molar-refractivity contribution in [1.29, 1.82) is 0 Å². The van der Waals surface area contributed by atoms with Crippen molar-refractivity contribution in [3.63, 3.8) is 0 Å². The molecule has 0 radical (unpaired) electrons. The molecule has 0 aliphatic rings. The van der Waals surface area contributed by atoms with E-state index in [4.69, 9.17) is 11.6 Å². The lowest BCUT2D eigenvalue weighted by atomic mass is 10.1. The topological polar surface area (TPSA) is 12.0 Å². The number of benzene rings is 2. The van der Waals surface area contributed by atoms with Gasteiger partial charge in [-0.25, -0.2) is 4.39 Å². The number of hydrogen-bond acceptors (Lipinski definition) is 1. The van der Waals surface area contributed by atoms with Gasteiger partial charge in [0.05, 0.1) is 4.47 Å². The molecule has 1 nitrogen and oxygen atoms in total. The van der Waals surface area contributed by atoms with E-state index < -0.39 is 0 Å². The van der Waals surface area contributed by atoms with E-state index in [0.717, 1.165) is 21.3 Å². The van der Waals surface area contributed by atoms with Crippen molar-refractivity contribution in [2.45, 2.75) is 13.5 Å². The zero-order chi connectivity index (χ0) is 14.0. The third-order valence-electron chi connectivity index (χ3n) is 2.74. The lowest BCUT2D eigenvalue weighted by molar-refractivity contribution is 0.620. The average molecular weight is 408 g/mol. The van der Waals surface area contributed by atoms with Gasteiger partial charge in [0.1, 0.15) is 5.82 Å². The van der Waals surface area contributed by atoms with Crippen LogP contribution in [-0.2, 0) is 6.54 Å². The second-order valence-electron chi connectivity index (χ2n) is 4.17. The molecule has 0 aliphatic carbocycles. The van der Waals surface area contributed by atoms with Crippen LogP contribution in [0.3, 0.4) is 0 Å². The predicted molar refractivity (Wildman–Crippen MR) is 85.3 cm³/mol. The van der Waals surface area contributed by atoms with Gasteiger partial charge in [-0.2, -0.15) is 0 Å². The normalized spacial score (nSPS) is 10.6.